The van der Waals surface area contributed by atoms with E-state index in [1.807, 2.05) is 0 Å². The van der Waals surface area contributed by atoms with Crippen molar-refractivity contribution in [1.82, 2.24) is 20.4 Å². The van der Waals surface area contributed by atoms with Gasteiger partial charge in [0.1, 0.15) is 0 Å². The molecular weight excluding hydrogens is 461 g/mol. The summed E-state index contributed by atoms with van der Waals surface area (Å²) in [4.78, 5) is 9.73. The summed E-state index contributed by atoms with van der Waals surface area (Å²) >= 11 is 0. The minimum Gasteiger partial charge on any atom is -0.357 e. The van der Waals surface area contributed by atoms with Gasteiger partial charge in [0, 0.05) is 44.8 Å². The highest BCUT2D eigenvalue weighted by molar-refractivity contribution is 14.0. The predicted molar refractivity (Wildman–Crippen MR) is 132 cm³/mol. The van der Waals surface area contributed by atoms with Gasteiger partial charge in [0.25, 0.3) is 0 Å². The third kappa shape index (κ3) is 9.09. The van der Waals surface area contributed by atoms with Crippen LogP contribution >= 0.6 is 24.0 Å². The number of nitrogens with one attached hydrogen (secondary N) is 2. The molecule has 1 heterocycles. The Balaban J connectivity index is 0.00000392. The Morgan fingerprint density at radius 1 is 1.21 bits per heavy atom. The maximum Gasteiger partial charge on any atom is 0.191 e. The number of hydrogen-bond acceptors (Lipinski definition) is 3. The third-order valence-electron chi connectivity index (χ3n) is 5.59. The molecule has 1 saturated heterocycles. The molecule has 0 amide bonds. The molecule has 0 radical (unpaired) electrons. The fourth-order valence-electron chi connectivity index (χ4n) is 3.44. The number of hydrogen-bond donors (Lipinski definition) is 2. The molecular formula is C22H40IN5. The lowest BCUT2D eigenvalue weighted by molar-refractivity contribution is 0.198. The number of likely N-dealkylation sites (tertiary alicyclic amines) is 1. The second kappa shape index (κ2) is 14.2. The Bertz CT molecular complexity index is 543. The van der Waals surface area contributed by atoms with Crippen LogP contribution in [0.5, 0.6) is 0 Å². The molecule has 1 unspecified atom stereocenters. The van der Waals surface area contributed by atoms with Crippen molar-refractivity contribution in [2.45, 2.75) is 58.7 Å². The largest absolute Gasteiger partial charge is 0.357 e. The molecule has 0 spiro atoms. The maximum absolute atomic E-state index is 4.79. The Kier molecular flexibility index (Phi) is 12.7. The summed E-state index contributed by atoms with van der Waals surface area (Å²) in [5.41, 5.74) is 1.41. The summed E-state index contributed by atoms with van der Waals surface area (Å²) in [6.07, 6.45) is 3.52. The highest BCUT2D eigenvalue weighted by atomic mass is 127. The average molecular weight is 502 g/mol. The van der Waals surface area contributed by atoms with Gasteiger partial charge >= 0.3 is 0 Å². The second-order valence-electron chi connectivity index (χ2n) is 7.68. The number of rotatable bonds is 9. The summed E-state index contributed by atoms with van der Waals surface area (Å²) in [6, 6.07) is 11.9. The van der Waals surface area contributed by atoms with Gasteiger partial charge in [-0.05, 0) is 45.7 Å². The van der Waals surface area contributed by atoms with E-state index in [0.717, 1.165) is 45.2 Å². The molecule has 5 nitrogen and oxygen atoms in total. The van der Waals surface area contributed by atoms with Crippen LogP contribution < -0.4 is 10.6 Å². The molecule has 1 aromatic rings. The van der Waals surface area contributed by atoms with Gasteiger partial charge in [-0.15, -0.1) is 24.0 Å². The first kappa shape index (κ1) is 25.2. The van der Waals surface area contributed by atoms with Crippen molar-refractivity contribution in [3.8, 4) is 0 Å². The van der Waals surface area contributed by atoms with E-state index in [0.29, 0.717) is 12.1 Å². The Morgan fingerprint density at radius 3 is 2.50 bits per heavy atom. The number of halogens is 1. The monoisotopic (exact) mass is 501 g/mol. The van der Waals surface area contributed by atoms with Gasteiger partial charge in [0.2, 0.25) is 0 Å². The first-order valence-electron chi connectivity index (χ1n) is 10.6. The smallest absolute Gasteiger partial charge is 0.191 e. The van der Waals surface area contributed by atoms with E-state index < -0.39 is 0 Å². The summed E-state index contributed by atoms with van der Waals surface area (Å²) in [6.45, 7) is 12.7. The summed E-state index contributed by atoms with van der Waals surface area (Å²) < 4.78 is 0. The molecule has 2 rings (SSSR count). The number of nitrogens with zero attached hydrogens (tertiary/aromatic N) is 3. The lowest BCUT2D eigenvalue weighted by Gasteiger charge is -2.33. The van der Waals surface area contributed by atoms with E-state index in [2.05, 4.69) is 78.6 Å². The van der Waals surface area contributed by atoms with Crippen LogP contribution in [-0.2, 0) is 6.54 Å². The molecule has 0 bridgehead atoms. The number of aliphatic imine (C=N–C) groups is 1. The van der Waals surface area contributed by atoms with E-state index in [4.69, 9.17) is 4.99 Å². The minimum atomic E-state index is 0. The van der Waals surface area contributed by atoms with Crippen LogP contribution in [0, 0.1) is 0 Å². The van der Waals surface area contributed by atoms with Crippen LogP contribution in [0.2, 0.25) is 0 Å². The average Bonchev–Trinajstić information content (AvgIpc) is 2.69. The zero-order valence-corrected chi connectivity index (χ0v) is 20.5. The summed E-state index contributed by atoms with van der Waals surface area (Å²) in [5, 5.41) is 7.06. The molecule has 1 fully saturated rings. The molecule has 6 heteroatoms. The van der Waals surface area contributed by atoms with Crippen LogP contribution in [0.1, 0.15) is 45.6 Å². The third-order valence-corrected chi connectivity index (χ3v) is 5.59. The van der Waals surface area contributed by atoms with Gasteiger partial charge in [0.05, 0.1) is 6.54 Å². The van der Waals surface area contributed by atoms with Crippen molar-refractivity contribution in [1.29, 1.82) is 0 Å². The first-order chi connectivity index (χ1) is 13.1. The molecule has 0 aliphatic carbocycles. The molecule has 2 N–H and O–H groups in total. The topological polar surface area (TPSA) is 42.9 Å². The van der Waals surface area contributed by atoms with Crippen LogP contribution in [0.25, 0.3) is 0 Å². The van der Waals surface area contributed by atoms with E-state index >= 15 is 0 Å². The van der Waals surface area contributed by atoms with Crippen LogP contribution in [0.3, 0.4) is 0 Å². The number of likely N-dealkylation sites (N-methyl/N-ethyl adjacent to an activating group) is 1. The highest BCUT2D eigenvalue weighted by Gasteiger charge is 2.20. The standard InChI is InChI=1S/C22H39N5.HI/c1-5-19(3)26(4)17-14-24-22(23-6-2)25-21-12-15-27(16-13-21)18-20-10-8-7-9-11-20;/h7-11,19,21H,5-6,12-18H2,1-4H3,(H2,23,24,25);1H. The van der Waals surface area contributed by atoms with E-state index in [9.17, 15) is 0 Å². The zero-order chi connectivity index (χ0) is 19.5. The number of piperidine rings is 1. The summed E-state index contributed by atoms with van der Waals surface area (Å²) in [7, 11) is 2.19. The first-order valence-corrected chi connectivity index (χ1v) is 10.6. The molecule has 1 aromatic carbocycles. The summed E-state index contributed by atoms with van der Waals surface area (Å²) in [5.74, 6) is 0.969. The van der Waals surface area contributed by atoms with Crippen LogP contribution in [-0.4, -0.2) is 67.6 Å². The quantitative estimate of drug-likeness (QED) is 0.309. The fourth-order valence-corrected chi connectivity index (χ4v) is 3.44. The van der Waals surface area contributed by atoms with Gasteiger partial charge in [-0.2, -0.15) is 0 Å². The zero-order valence-electron chi connectivity index (χ0n) is 18.2. The fraction of sp³-hybridized carbons (Fsp3) is 0.682. The Morgan fingerprint density at radius 2 is 1.89 bits per heavy atom. The highest BCUT2D eigenvalue weighted by Crippen LogP contribution is 2.13. The second-order valence-corrected chi connectivity index (χ2v) is 7.68. The molecule has 160 valence electrons. The normalized spacial score (nSPS) is 17.2. The van der Waals surface area contributed by atoms with E-state index in [1.54, 1.807) is 0 Å². The predicted octanol–water partition coefficient (Wildman–Crippen LogP) is 3.55. The van der Waals surface area contributed by atoms with Crippen molar-refractivity contribution >= 4 is 29.9 Å². The molecule has 1 aliphatic heterocycles. The van der Waals surface area contributed by atoms with Gasteiger partial charge in [-0.3, -0.25) is 9.89 Å². The molecule has 0 aromatic heterocycles. The SMILES string of the molecule is CCNC(=NCCN(C)C(C)CC)NC1CCN(Cc2ccccc2)CC1.I. The molecule has 0 saturated carbocycles. The molecule has 1 aliphatic rings. The minimum absolute atomic E-state index is 0. The van der Waals surface area contributed by atoms with Crippen molar-refractivity contribution < 1.29 is 0 Å². The lowest BCUT2D eigenvalue weighted by Crippen LogP contribution is -2.48. The van der Waals surface area contributed by atoms with Gasteiger partial charge in [-0.1, -0.05) is 37.3 Å². The number of guanidine groups is 1. The van der Waals surface area contributed by atoms with Crippen molar-refractivity contribution in [2.24, 2.45) is 4.99 Å². The Labute approximate surface area is 189 Å². The van der Waals surface area contributed by atoms with Gasteiger partial charge in [0.15, 0.2) is 5.96 Å². The van der Waals surface area contributed by atoms with Crippen molar-refractivity contribution in [3.63, 3.8) is 0 Å². The van der Waals surface area contributed by atoms with Crippen LogP contribution in [0.15, 0.2) is 35.3 Å². The lowest BCUT2D eigenvalue weighted by atomic mass is 10.0. The van der Waals surface area contributed by atoms with E-state index in [-0.39, 0.29) is 24.0 Å². The Hall–Kier alpha value is -0.860. The van der Waals surface area contributed by atoms with Gasteiger partial charge in [-0.25, -0.2) is 0 Å². The van der Waals surface area contributed by atoms with Crippen molar-refractivity contribution in [2.75, 3.05) is 39.8 Å². The maximum atomic E-state index is 4.79. The molecule has 28 heavy (non-hydrogen) atoms. The number of benzene rings is 1. The van der Waals surface area contributed by atoms with E-state index in [1.165, 1.54) is 24.8 Å². The molecule has 1 atom stereocenters. The van der Waals surface area contributed by atoms with Crippen molar-refractivity contribution in [3.05, 3.63) is 35.9 Å². The van der Waals surface area contributed by atoms with Crippen LogP contribution in [0.4, 0.5) is 0 Å². The van der Waals surface area contributed by atoms with Gasteiger partial charge < -0.3 is 15.5 Å².